The summed E-state index contributed by atoms with van der Waals surface area (Å²) in [4.78, 5) is 18.1. The summed E-state index contributed by atoms with van der Waals surface area (Å²) in [5.41, 5.74) is 2.79. The van der Waals surface area contributed by atoms with Crippen molar-refractivity contribution >= 4 is 37.5 Å². The van der Waals surface area contributed by atoms with Crippen LogP contribution < -0.4 is 4.74 Å². The summed E-state index contributed by atoms with van der Waals surface area (Å²) >= 11 is 1.48. The summed E-state index contributed by atoms with van der Waals surface area (Å²) in [6, 6.07) is 12.8. The van der Waals surface area contributed by atoms with Crippen molar-refractivity contribution in [2.24, 2.45) is 0 Å². The third kappa shape index (κ3) is 4.41. The Morgan fingerprint density at radius 3 is 2.40 bits per heavy atom. The van der Waals surface area contributed by atoms with Crippen LogP contribution in [0.5, 0.6) is 5.19 Å². The second-order valence-corrected chi connectivity index (χ2v) is 10.2. The van der Waals surface area contributed by atoms with Gasteiger partial charge in [0.05, 0.1) is 22.2 Å². The van der Waals surface area contributed by atoms with Gasteiger partial charge >= 0.3 is 6.09 Å². The Hall–Kier alpha value is -2.65. The number of benzene rings is 2. The van der Waals surface area contributed by atoms with Crippen molar-refractivity contribution in [3.05, 3.63) is 42.5 Å². The van der Waals surface area contributed by atoms with E-state index in [1.54, 1.807) is 17.0 Å². The number of fused-ring (bicyclic) bond motifs is 1. The van der Waals surface area contributed by atoms with Crippen LogP contribution in [-0.4, -0.2) is 57.0 Å². The van der Waals surface area contributed by atoms with Crippen LogP contribution in [0.4, 0.5) is 4.79 Å². The third-order valence-corrected chi connectivity index (χ3v) is 7.16. The monoisotopic (exact) mass is 446 g/mol. The largest absolute Gasteiger partial charge is 0.467 e. The Kier molecular flexibility index (Phi) is 5.66. The van der Waals surface area contributed by atoms with Gasteiger partial charge in [-0.05, 0) is 35.4 Å². The molecule has 3 aromatic rings. The normalized spacial score (nSPS) is 15.3. The first-order valence-corrected chi connectivity index (χ1v) is 12.2. The first-order chi connectivity index (χ1) is 14.3. The van der Waals surface area contributed by atoms with E-state index in [-0.39, 0.29) is 12.2 Å². The highest BCUT2D eigenvalue weighted by atomic mass is 32.2. The minimum atomic E-state index is -3.21. The van der Waals surface area contributed by atoms with Crippen molar-refractivity contribution < 1.29 is 22.7 Å². The molecule has 1 fully saturated rings. The lowest BCUT2D eigenvalue weighted by atomic mass is 10.1. The van der Waals surface area contributed by atoms with Crippen LogP contribution in [-0.2, 0) is 14.6 Å². The molecular formula is C21H22N2O5S2. The van der Waals surface area contributed by atoms with Gasteiger partial charge in [0, 0.05) is 32.2 Å². The molecule has 0 atom stereocenters. The van der Waals surface area contributed by atoms with Gasteiger partial charge in [0.2, 0.25) is 0 Å². The van der Waals surface area contributed by atoms with Crippen LogP contribution in [0, 0.1) is 0 Å². The van der Waals surface area contributed by atoms with Gasteiger partial charge in [0.15, 0.2) is 9.84 Å². The van der Waals surface area contributed by atoms with Crippen molar-refractivity contribution in [3.63, 3.8) is 0 Å². The van der Waals surface area contributed by atoms with E-state index in [2.05, 4.69) is 4.98 Å². The number of nitrogens with zero attached hydrogens (tertiary/aromatic N) is 2. The molecule has 1 aliphatic rings. The number of hydrogen-bond acceptors (Lipinski definition) is 7. The zero-order valence-electron chi connectivity index (χ0n) is 16.7. The molecule has 0 unspecified atom stereocenters. The summed E-state index contributed by atoms with van der Waals surface area (Å²) < 4.78 is 35.1. The molecule has 9 heteroatoms. The molecule has 1 aromatic heterocycles. The van der Waals surface area contributed by atoms with E-state index in [1.165, 1.54) is 24.7 Å². The first kappa shape index (κ1) is 20.6. The smallest absolute Gasteiger partial charge is 0.409 e. The van der Waals surface area contributed by atoms with Gasteiger partial charge in [-0.2, -0.15) is 0 Å². The fourth-order valence-electron chi connectivity index (χ4n) is 3.46. The molecule has 0 aliphatic carbocycles. The van der Waals surface area contributed by atoms with E-state index in [1.807, 2.05) is 30.3 Å². The summed E-state index contributed by atoms with van der Waals surface area (Å²) in [5.74, 6) is 0. The summed E-state index contributed by atoms with van der Waals surface area (Å²) in [6.07, 6.45) is 2.40. The highest BCUT2D eigenvalue weighted by Gasteiger charge is 2.25. The number of hydrogen-bond donors (Lipinski definition) is 0. The maximum atomic E-state index is 11.6. The number of ether oxygens (including phenoxy) is 2. The maximum absolute atomic E-state index is 11.6. The van der Waals surface area contributed by atoms with E-state index >= 15 is 0 Å². The van der Waals surface area contributed by atoms with Gasteiger partial charge in [-0.25, -0.2) is 18.2 Å². The number of piperidine rings is 1. The van der Waals surface area contributed by atoms with Crippen LogP contribution in [0.2, 0.25) is 0 Å². The van der Waals surface area contributed by atoms with Crippen LogP contribution in [0.15, 0.2) is 47.4 Å². The molecule has 4 rings (SSSR count). The number of carbonyl (C=O) groups excluding carboxylic acids is 1. The molecule has 2 heterocycles. The second-order valence-electron chi connectivity index (χ2n) is 7.23. The Morgan fingerprint density at radius 2 is 1.77 bits per heavy atom. The standard InChI is InChI=1S/C21H22N2O5S2/c1-27-21(24)23-11-9-16(10-12-23)28-20-22-18-8-5-15(13-19(18)29-20)14-3-6-17(7-4-14)30(2,25)26/h3-8,13,16H,9-12H2,1-2H3. The number of thiazole rings is 1. The second kappa shape index (κ2) is 8.23. The van der Waals surface area contributed by atoms with Crippen molar-refractivity contribution in [3.8, 4) is 16.3 Å². The number of methoxy groups -OCH3 is 1. The van der Waals surface area contributed by atoms with Crippen molar-refractivity contribution in [1.82, 2.24) is 9.88 Å². The fourth-order valence-corrected chi connectivity index (χ4v) is 5.01. The topological polar surface area (TPSA) is 85.8 Å². The van der Waals surface area contributed by atoms with Gasteiger partial charge < -0.3 is 14.4 Å². The molecule has 0 radical (unpaired) electrons. The number of aromatic nitrogens is 1. The van der Waals surface area contributed by atoms with Gasteiger partial charge in [0.25, 0.3) is 5.19 Å². The predicted molar refractivity (Wildman–Crippen MR) is 116 cm³/mol. The van der Waals surface area contributed by atoms with E-state index in [9.17, 15) is 13.2 Å². The minimum Gasteiger partial charge on any atom is -0.467 e. The Bertz CT molecular complexity index is 1160. The highest BCUT2D eigenvalue weighted by molar-refractivity contribution is 7.90. The lowest BCUT2D eigenvalue weighted by Gasteiger charge is -2.30. The van der Waals surface area contributed by atoms with Gasteiger partial charge in [-0.3, -0.25) is 0 Å². The molecule has 7 nitrogen and oxygen atoms in total. The fraction of sp³-hybridized carbons (Fsp3) is 0.333. The van der Waals surface area contributed by atoms with Crippen LogP contribution >= 0.6 is 11.3 Å². The molecule has 30 heavy (non-hydrogen) atoms. The third-order valence-electron chi connectivity index (χ3n) is 5.13. The van der Waals surface area contributed by atoms with Gasteiger partial charge in [-0.1, -0.05) is 29.5 Å². The van der Waals surface area contributed by atoms with Crippen molar-refractivity contribution in [2.75, 3.05) is 26.5 Å². The van der Waals surface area contributed by atoms with Crippen LogP contribution in [0.1, 0.15) is 12.8 Å². The van der Waals surface area contributed by atoms with E-state index in [0.717, 1.165) is 34.2 Å². The van der Waals surface area contributed by atoms with E-state index in [4.69, 9.17) is 9.47 Å². The van der Waals surface area contributed by atoms with Crippen molar-refractivity contribution in [1.29, 1.82) is 0 Å². The molecular weight excluding hydrogens is 424 g/mol. The lowest BCUT2D eigenvalue weighted by molar-refractivity contribution is 0.0791. The molecule has 1 amide bonds. The number of amides is 1. The predicted octanol–water partition coefficient (Wildman–Crippen LogP) is 3.98. The molecule has 0 bridgehead atoms. The first-order valence-electron chi connectivity index (χ1n) is 9.54. The number of sulfone groups is 1. The molecule has 2 aromatic carbocycles. The lowest BCUT2D eigenvalue weighted by Crippen LogP contribution is -2.41. The molecule has 0 saturated carbocycles. The number of likely N-dealkylation sites (tertiary alicyclic amines) is 1. The average molecular weight is 447 g/mol. The van der Waals surface area contributed by atoms with E-state index in [0.29, 0.717) is 23.2 Å². The van der Waals surface area contributed by atoms with E-state index < -0.39 is 9.84 Å². The van der Waals surface area contributed by atoms with Gasteiger partial charge in [0.1, 0.15) is 6.10 Å². The zero-order chi connectivity index (χ0) is 21.3. The quantitative estimate of drug-likeness (QED) is 0.603. The SMILES string of the molecule is COC(=O)N1CCC(Oc2nc3ccc(-c4ccc(S(C)(=O)=O)cc4)cc3s2)CC1. The summed E-state index contributed by atoms with van der Waals surface area (Å²) in [7, 11) is -1.82. The van der Waals surface area contributed by atoms with Crippen LogP contribution in [0.25, 0.3) is 21.3 Å². The molecule has 1 aliphatic heterocycles. The molecule has 158 valence electrons. The van der Waals surface area contributed by atoms with Gasteiger partial charge in [-0.15, -0.1) is 0 Å². The van der Waals surface area contributed by atoms with Crippen LogP contribution in [0.3, 0.4) is 0 Å². The highest BCUT2D eigenvalue weighted by Crippen LogP contribution is 2.33. The Balaban J connectivity index is 1.47. The Morgan fingerprint density at radius 1 is 1.10 bits per heavy atom. The number of rotatable bonds is 4. The molecule has 1 saturated heterocycles. The summed E-state index contributed by atoms with van der Waals surface area (Å²) in [6.45, 7) is 1.21. The number of carbonyl (C=O) groups is 1. The zero-order valence-corrected chi connectivity index (χ0v) is 18.3. The average Bonchev–Trinajstić information content (AvgIpc) is 3.14. The molecule has 0 spiro atoms. The van der Waals surface area contributed by atoms with Crippen molar-refractivity contribution in [2.45, 2.75) is 23.8 Å². The Labute approximate surface area is 179 Å². The summed E-state index contributed by atoms with van der Waals surface area (Å²) in [5, 5.41) is 0.617. The maximum Gasteiger partial charge on any atom is 0.409 e. The minimum absolute atomic E-state index is 0.0227. The molecule has 0 N–H and O–H groups in total.